The molecule has 0 radical (unpaired) electrons. The van der Waals surface area contributed by atoms with Gasteiger partial charge >= 0.3 is 0 Å². The van der Waals surface area contributed by atoms with Crippen LogP contribution >= 0.6 is 0 Å². The fourth-order valence-electron chi connectivity index (χ4n) is 3.45. The van der Waals surface area contributed by atoms with Crippen LogP contribution in [0, 0.1) is 5.92 Å². The smallest absolute Gasteiger partial charge is 0.0266 e. The van der Waals surface area contributed by atoms with E-state index in [2.05, 4.69) is 43.0 Å². The lowest BCUT2D eigenvalue weighted by atomic mass is 9.88. The average Bonchev–Trinajstić information content (AvgIpc) is 2.52. The van der Waals surface area contributed by atoms with E-state index in [4.69, 9.17) is 5.73 Å². The molecule has 1 saturated heterocycles. The molecule has 0 aromatic heterocycles. The lowest BCUT2D eigenvalue weighted by Crippen LogP contribution is -2.33. The Balaban J connectivity index is 1.72. The third-order valence-electron chi connectivity index (χ3n) is 5.03. The Morgan fingerprint density at radius 2 is 1.68 bits per heavy atom. The van der Waals surface area contributed by atoms with Crippen molar-refractivity contribution in [1.82, 2.24) is 4.90 Å². The molecule has 2 rings (SSSR count). The molecule has 1 unspecified atom stereocenters. The molecule has 0 amide bonds. The van der Waals surface area contributed by atoms with E-state index in [1.165, 1.54) is 62.9 Å². The second-order valence-electron chi connectivity index (χ2n) is 7.46. The molecule has 1 heterocycles. The highest BCUT2D eigenvalue weighted by Gasteiger charge is 2.20. The van der Waals surface area contributed by atoms with Crippen molar-refractivity contribution in [3.8, 4) is 0 Å². The Morgan fingerprint density at radius 1 is 1.05 bits per heavy atom. The number of likely N-dealkylation sites (tertiary alicyclic amines) is 1. The summed E-state index contributed by atoms with van der Waals surface area (Å²) in [6, 6.07) is 9.14. The molecule has 1 fully saturated rings. The molecule has 2 N–H and O–H groups in total. The van der Waals surface area contributed by atoms with Crippen molar-refractivity contribution in [2.24, 2.45) is 11.7 Å². The van der Waals surface area contributed by atoms with Crippen LogP contribution in [0.15, 0.2) is 24.3 Å². The molecule has 0 bridgehead atoms. The molecule has 0 spiro atoms. The molecule has 22 heavy (non-hydrogen) atoms. The minimum atomic E-state index is 0.140. The molecular weight excluding hydrogens is 268 g/mol. The minimum Gasteiger partial charge on any atom is -0.324 e. The zero-order valence-corrected chi connectivity index (χ0v) is 14.7. The maximum absolute atomic E-state index is 5.93. The van der Waals surface area contributed by atoms with Crippen molar-refractivity contribution >= 4 is 0 Å². The third kappa shape index (κ3) is 5.40. The first kappa shape index (κ1) is 17.5. The van der Waals surface area contributed by atoms with Crippen LogP contribution in [0.5, 0.6) is 0 Å². The summed E-state index contributed by atoms with van der Waals surface area (Å²) in [5.41, 5.74) is 8.68. The van der Waals surface area contributed by atoms with Crippen LogP contribution in [-0.4, -0.2) is 24.5 Å². The summed E-state index contributed by atoms with van der Waals surface area (Å²) in [4.78, 5) is 2.66. The van der Waals surface area contributed by atoms with E-state index < -0.39 is 0 Å². The van der Waals surface area contributed by atoms with Crippen LogP contribution in [0.25, 0.3) is 0 Å². The monoisotopic (exact) mass is 302 g/mol. The van der Waals surface area contributed by atoms with Gasteiger partial charge in [-0.25, -0.2) is 0 Å². The second kappa shape index (κ2) is 8.69. The number of benzene rings is 1. The average molecular weight is 303 g/mol. The summed E-state index contributed by atoms with van der Waals surface area (Å²) in [5.74, 6) is 1.60. The molecule has 1 atom stereocenters. The van der Waals surface area contributed by atoms with Crippen molar-refractivity contribution in [2.75, 3.05) is 19.6 Å². The summed E-state index contributed by atoms with van der Waals surface area (Å²) in [7, 11) is 0. The van der Waals surface area contributed by atoms with Gasteiger partial charge in [-0.3, -0.25) is 0 Å². The molecule has 2 heteroatoms. The van der Waals surface area contributed by atoms with E-state index in [0.29, 0.717) is 0 Å². The van der Waals surface area contributed by atoms with Gasteiger partial charge < -0.3 is 10.6 Å². The Morgan fingerprint density at radius 3 is 2.23 bits per heavy atom. The van der Waals surface area contributed by atoms with Gasteiger partial charge in [0.05, 0.1) is 0 Å². The van der Waals surface area contributed by atoms with Gasteiger partial charge in [-0.2, -0.15) is 0 Å². The number of piperidine rings is 1. The Labute approximate surface area is 137 Å². The van der Waals surface area contributed by atoms with Gasteiger partial charge in [0.15, 0.2) is 0 Å². The van der Waals surface area contributed by atoms with Crippen LogP contribution in [-0.2, 0) is 0 Å². The minimum absolute atomic E-state index is 0.140. The van der Waals surface area contributed by atoms with E-state index in [1.54, 1.807) is 0 Å². The molecule has 1 aliphatic rings. The predicted molar refractivity (Wildman–Crippen MR) is 96.1 cm³/mol. The van der Waals surface area contributed by atoms with E-state index in [1.807, 2.05) is 6.92 Å². The number of nitrogens with two attached hydrogens (primary N) is 1. The van der Waals surface area contributed by atoms with E-state index in [9.17, 15) is 0 Å². The van der Waals surface area contributed by atoms with Gasteiger partial charge in [-0.1, -0.05) is 51.0 Å². The normalized spacial score (nSPS) is 18.8. The van der Waals surface area contributed by atoms with Gasteiger partial charge in [-0.05, 0) is 68.8 Å². The fraction of sp³-hybridized carbons (Fsp3) is 0.700. The van der Waals surface area contributed by atoms with Crippen molar-refractivity contribution < 1.29 is 0 Å². The molecule has 1 aromatic carbocycles. The maximum atomic E-state index is 5.93. The Hall–Kier alpha value is -0.860. The van der Waals surface area contributed by atoms with Crippen LogP contribution < -0.4 is 5.73 Å². The van der Waals surface area contributed by atoms with Gasteiger partial charge in [0.25, 0.3) is 0 Å². The van der Waals surface area contributed by atoms with Crippen LogP contribution in [0.3, 0.4) is 0 Å². The van der Waals surface area contributed by atoms with Crippen molar-refractivity contribution in [1.29, 1.82) is 0 Å². The fourth-order valence-corrected chi connectivity index (χ4v) is 3.45. The van der Waals surface area contributed by atoms with Crippen molar-refractivity contribution in [3.63, 3.8) is 0 Å². The third-order valence-corrected chi connectivity index (χ3v) is 5.03. The quantitative estimate of drug-likeness (QED) is 0.739. The highest BCUT2D eigenvalue weighted by molar-refractivity contribution is 5.27. The van der Waals surface area contributed by atoms with E-state index >= 15 is 0 Å². The van der Waals surface area contributed by atoms with Gasteiger partial charge in [0.2, 0.25) is 0 Å². The zero-order chi connectivity index (χ0) is 15.9. The number of unbranched alkanes of at least 4 members (excludes halogenated alkanes) is 1. The standard InChI is InChI=1S/C20H34N2/c1-16(2)6-4-5-13-22-14-11-20(12-15-22)19-9-7-18(8-10-19)17(3)21/h7-10,16-17,20H,4-6,11-15,21H2,1-3H3. The molecule has 2 nitrogen and oxygen atoms in total. The first-order valence-corrected chi connectivity index (χ1v) is 9.14. The number of nitrogens with zero attached hydrogens (tertiary/aromatic N) is 1. The van der Waals surface area contributed by atoms with Gasteiger partial charge in [0.1, 0.15) is 0 Å². The van der Waals surface area contributed by atoms with Gasteiger partial charge in [0, 0.05) is 6.04 Å². The second-order valence-corrected chi connectivity index (χ2v) is 7.46. The molecule has 124 valence electrons. The van der Waals surface area contributed by atoms with E-state index in [-0.39, 0.29) is 6.04 Å². The van der Waals surface area contributed by atoms with Gasteiger partial charge in [-0.15, -0.1) is 0 Å². The zero-order valence-electron chi connectivity index (χ0n) is 14.7. The molecule has 1 aromatic rings. The molecule has 0 saturated carbocycles. The topological polar surface area (TPSA) is 29.3 Å². The van der Waals surface area contributed by atoms with Crippen molar-refractivity contribution in [2.45, 2.75) is 64.8 Å². The summed E-state index contributed by atoms with van der Waals surface area (Å²) >= 11 is 0. The summed E-state index contributed by atoms with van der Waals surface area (Å²) in [6.45, 7) is 10.5. The van der Waals surface area contributed by atoms with Crippen LogP contribution in [0.1, 0.15) is 76.0 Å². The van der Waals surface area contributed by atoms with Crippen LogP contribution in [0.2, 0.25) is 0 Å². The number of hydrogen-bond donors (Lipinski definition) is 1. The lowest BCUT2D eigenvalue weighted by Gasteiger charge is -2.32. The summed E-state index contributed by atoms with van der Waals surface area (Å²) in [5, 5.41) is 0. The lowest BCUT2D eigenvalue weighted by molar-refractivity contribution is 0.207. The Bertz CT molecular complexity index is 414. The Kier molecular flexibility index (Phi) is 6.91. The highest BCUT2D eigenvalue weighted by Crippen LogP contribution is 2.28. The molecule has 1 aliphatic heterocycles. The van der Waals surface area contributed by atoms with Crippen LogP contribution in [0.4, 0.5) is 0 Å². The number of rotatable bonds is 7. The maximum Gasteiger partial charge on any atom is 0.0266 e. The summed E-state index contributed by atoms with van der Waals surface area (Å²) < 4.78 is 0. The number of hydrogen-bond acceptors (Lipinski definition) is 2. The van der Waals surface area contributed by atoms with Crippen molar-refractivity contribution in [3.05, 3.63) is 35.4 Å². The SMILES string of the molecule is CC(C)CCCCN1CCC(c2ccc(C(C)N)cc2)CC1. The summed E-state index contributed by atoms with van der Waals surface area (Å²) in [6.07, 6.45) is 6.74. The van der Waals surface area contributed by atoms with E-state index in [0.717, 1.165) is 11.8 Å². The largest absolute Gasteiger partial charge is 0.324 e. The molecular formula is C20H34N2. The first-order chi connectivity index (χ1) is 10.6. The predicted octanol–water partition coefficient (Wildman–Crippen LogP) is 4.71. The highest BCUT2D eigenvalue weighted by atomic mass is 15.1. The first-order valence-electron chi connectivity index (χ1n) is 9.14. The molecule has 0 aliphatic carbocycles.